The highest BCUT2D eigenvalue weighted by Crippen LogP contribution is 2.32. The van der Waals surface area contributed by atoms with Gasteiger partial charge >= 0.3 is 0 Å². The third-order valence-corrected chi connectivity index (χ3v) is 5.11. The van der Waals surface area contributed by atoms with E-state index in [9.17, 15) is 4.21 Å². The Morgan fingerprint density at radius 2 is 1.44 bits per heavy atom. The predicted molar refractivity (Wildman–Crippen MR) is 79.8 cm³/mol. The van der Waals surface area contributed by atoms with Crippen molar-refractivity contribution < 1.29 is 4.21 Å². The van der Waals surface area contributed by atoms with E-state index in [0.717, 1.165) is 4.90 Å². The molecular weight excluding hydrogens is 331 g/mol. The molecule has 1 nitrogen and oxygen atoms in total. The molecule has 0 spiro atoms. The fraction of sp³-hybridized carbons (Fsp3) is 0. The summed E-state index contributed by atoms with van der Waals surface area (Å²) in [5.41, 5.74) is 0. The highest BCUT2D eigenvalue weighted by molar-refractivity contribution is 7.85. The number of rotatable bonds is 2. The Kier molecular flexibility index (Phi) is 4.62. The second kappa shape index (κ2) is 5.85. The van der Waals surface area contributed by atoms with Crippen molar-refractivity contribution in [1.82, 2.24) is 0 Å². The lowest BCUT2D eigenvalue weighted by Crippen LogP contribution is -1.94. The molecule has 0 saturated heterocycles. The van der Waals surface area contributed by atoms with Crippen LogP contribution in [-0.2, 0) is 10.8 Å². The molecule has 0 aliphatic carbocycles. The molecule has 1 unspecified atom stereocenters. The summed E-state index contributed by atoms with van der Waals surface area (Å²) >= 11 is 21.9. The molecule has 2 rings (SSSR count). The minimum absolute atomic E-state index is 0.329. The van der Waals surface area contributed by atoms with Gasteiger partial charge in [-0.2, -0.15) is 0 Å². The first-order valence-corrected chi connectivity index (χ1v) is 7.57. The van der Waals surface area contributed by atoms with Crippen LogP contribution >= 0.6 is 47.4 Å². The fourth-order valence-electron chi connectivity index (χ4n) is 1.34. The highest BCUT2D eigenvalue weighted by Gasteiger charge is 2.13. The molecule has 0 N–H and O–H groups in total. The first-order valence-electron chi connectivity index (χ1n) is 4.84. The van der Waals surface area contributed by atoms with Crippen LogP contribution in [0.5, 0.6) is 0 Å². The Balaban J connectivity index is 2.46. The Hall–Kier alpha value is -0.190. The van der Waals surface area contributed by atoms with E-state index in [4.69, 9.17) is 34.8 Å². The molecule has 0 aliphatic heterocycles. The molecule has 0 amide bonds. The zero-order valence-electron chi connectivity index (χ0n) is 8.86. The zero-order valence-corrected chi connectivity index (χ0v) is 12.8. The summed E-state index contributed by atoms with van der Waals surface area (Å²) in [4.78, 5) is 1.88. The van der Waals surface area contributed by atoms with E-state index < -0.39 is 10.8 Å². The van der Waals surface area contributed by atoms with Crippen LogP contribution in [0.3, 0.4) is 0 Å². The largest absolute Gasteiger partial charge is 0.249 e. The summed E-state index contributed by atoms with van der Waals surface area (Å²) < 4.78 is 12.3. The number of halogens is 3. The van der Waals surface area contributed by atoms with Crippen molar-refractivity contribution in [2.45, 2.75) is 14.7 Å². The van der Waals surface area contributed by atoms with E-state index in [1.165, 1.54) is 12.1 Å². The second-order valence-corrected chi connectivity index (χ2v) is 6.65. The molecule has 0 aliphatic rings. The third kappa shape index (κ3) is 3.03. The molecule has 0 fully saturated rings. The van der Waals surface area contributed by atoms with Crippen LogP contribution in [0.4, 0.5) is 0 Å². The van der Waals surface area contributed by atoms with Gasteiger partial charge in [0, 0.05) is 9.79 Å². The van der Waals surface area contributed by atoms with Gasteiger partial charge < -0.3 is 0 Å². The molecule has 2 aromatic rings. The lowest BCUT2D eigenvalue weighted by atomic mass is 10.3. The van der Waals surface area contributed by atoms with Gasteiger partial charge in [-0.3, -0.25) is 0 Å². The molecule has 0 bridgehead atoms. The molecule has 0 saturated carbocycles. The van der Waals surface area contributed by atoms with Gasteiger partial charge in [0.15, 0.2) is 0 Å². The van der Waals surface area contributed by atoms with Gasteiger partial charge in [0.1, 0.15) is 0 Å². The van der Waals surface area contributed by atoms with Crippen molar-refractivity contribution >= 4 is 58.2 Å². The van der Waals surface area contributed by atoms with Crippen LogP contribution in [0.25, 0.3) is 0 Å². The average Bonchev–Trinajstić information content (AvgIpc) is 2.34. The Labute approximate surface area is 128 Å². The van der Waals surface area contributed by atoms with Gasteiger partial charge in [0.25, 0.3) is 0 Å². The topological polar surface area (TPSA) is 17.1 Å². The van der Waals surface area contributed by atoms with Crippen LogP contribution in [0.15, 0.2) is 51.1 Å². The number of hydrogen-bond donors (Lipinski definition) is 1. The quantitative estimate of drug-likeness (QED) is 0.596. The van der Waals surface area contributed by atoms with Gasteiger partial charge in [-0.05, 0) is 36.4 Å². The Morgan fingerprint density at radius 1 is 0.889 bits per heavy atom. The van der Waals surface area contributed by atoms with Crippen molar-refractivity contribution in [2.75, 3.05) is 0 Å². The van der Waals surface area contributed by atoms with E-state index in [1.807, 2.05) is 0 Å². The monoisotopic (exact) mass is 336 g/mol. The summed E-state index contributed by atoms with van der Waals surface area (Å²) in [6.07, 6.45) is 0. The summed E-state index contributed by atoms with van der Waals surface area (Å²) in [5.74, 6) is 0. The predicted octanol–water partition coefficient (Wildman–Crippen LogP) is 5.10. The summed E-state index contributed by atoms with van der Waals surface area (Å²) in [6, 6.07) is 10.0. The molecule has 18 heavy (non-hydrogen) atoms. The first kappa shape index (κ1) is 14.2. The third-order valence-electron chi connectivity index (χ3n) is 2.23. The molecule has 6 heteroatoms. The highest BCUT2D eigenvalue weighted by atomic mass is 35.5. The average molecular weight is 338 g/mol. The molecule has 0 radical (unpaired) electrons. The number of hydrogen-bond acceptors (Lipinski definition) is 2. The molecule has 0 aromatic heterocycles. The van der Waals surface area contributed by atoms with Crippen molar-refractivity contribution in [1.29, 1.82) is 0 Å². The number of benzene rings is 2. The van der Waals surface area contributed by atoms with E-state index in [2.05, 4.69) is 12.6 Å². The second-order valence-electron chi connectivity index (χ2n) is 3.46. The van der Waals surface area contributed by atoms with Crippen molar-refractivity contribution in [3.05, 3.63) is 51.5 Å². The minimum atomic E-state index is -1.39. The van der Waals surface area contributed by atoms with Crippen molar-refractivity contribution in [3.8, 4) is 0 Å². The molecule has 1 atom stereocenters. The summed E-state index contributed by atoms with van der Waals surface area (Å²) in [7, 11) is -1.39. The first-order chi connectivity index (χ1) is 8.49. The van der Waals surface area contributed by atoms with Crippen LogP contribution in [0.1, 0.15) is 0 Å². The van der Waals surface area contributed by atoms with Gasteiger partial charge in [-0.1, -0.05) is 34.8 Å². The number of thiol groups is 1. The van der Waals surface area contributed by atoms with Crippen LogP contribution in [0.2, 0.25) is 15.1 Å². The fourth-order valence-corrected chi connectivity index (χ4v) is 3.41. The zero-order chi connectivity index (χ0) is 13.3. The maximum atomic E-state index is 12.3. The maximum Gasteiger partial charge on any atom is 0.0865 e. The Morgan fingerprint density at radius 3 is 2.06 bits per heavy atom. The van der Waals surface area contributed by atoms with Crippen molar-refractivity contribution in [3.63, 3.8) is 0 Å². The van der Waals surface area contributed by atoms with E-state index in [0.29, 0.717) is 24.9 Å². The maximum absolute atomic E-state index is 12.3. The lowest BCUT2D eigenvalue weighted by Gasteiger charge is -2.06. The summed E-state index contributed by atoms with van der Waals surface area (Å²) in [6.45, 7) is 0. The van der Waals surface area contributed by atoms with Gasteiger partial charge in [-0.25, -0.2) is 4.21 Å². The molecule has 2 aromatic carbocycles. The smallest absolute Gasteiger partial charge is 0.0865 e. The lowest BCUT2D eigenvalue weighted by molar-refractivity contribution is 0.683. The minimum Gasteiger partial charge on any atom is -0.249 e. The Bertz CT molecular complexity index is 611. The normalized spacial score (nSPS) is 12.4. The van der Waals surface area contributed by atoms with E-state index in [-0.39, 0.29) is 0 Å². The summed E-state index contributed by atoms with van der Waals surface area (Å²) in [5, 5.41) is 1.00. The van der Waals surface area contributed by atoms with Crippen LogP contribution in [-0.4, -0.2) is 4.21 Å². The van der Waals surface area contributed by atoms with Crippen LogP contribution < -0.4 is 0 Å². The van der Waals surface area contributed by atoms with Gasteiger partial charge in [0.2, 0.25) is 0 Å². The standard InChI is InChI=1S/C12H7Cl3OS2/c13-9-5-11(15)12(6-10(9)14)18(16)8-3-1-7(17)2-4-8/h1-6,17H. The molecule has 94 valence electrons. The van der Waals surface area contributed by atoms with Crippen molar-refractivity contribution in [2.24, 2.45) is 0 Å². The SMILES string of the molecule is O=S(c1ccc(S)cc1)c1cc(Cl)c(Cl)cc1Cl. The van der Waals surface area contributed by atoms with Gasteiger partial charge in [-0.15, -0.1) is 12.6 Å². The van der Waals surface area contributed by atoms with E-state index in [1.54, 1.807) is 24.3 Å². The van der Waals surface area contributed by atoms with E-state index >= 15 is 0 Å². The van der Waals surface area contributed by atoms with Gasteiger partial charge in [0.05, 0.1) is 30.8 Å². The molecular formula is C12H7Cl3OS2. The molecule has 0 heterocycles. The van der Waals surface area contributed by atoms with Crippen LogP contribution in [0, 0.1) is 0 Å².